The SMILES string of the molecule is O=C(Nc1cccc2cccnc12)c1nc(C(=O)NC2CCCC2)n2ccccc12. The van der Waals surface area contributed by atoms with Crippen LogP contribution in [0.4, 0.5) is 5.69 Å². The Morgan fingerprint density at radius 1 is 0.967 bits per heavy atom. The maximum absolute atomic E-state index is 13.1. The number of hydrogen-bond donors (Lipinski definition) is 2. The Morgan fingerprint density at radius 2 is 1.80 bits per heavy atom. The second-order valence-corrected chi connectivity index (χ2v) is 7.53. The quantitative estimate of drug-likeness (QED) is 0.546. The molecule has 150 valence electrons. The lowest BCUT2D eigenvalue weighted by Gasteiger charge is -2.10. The minimum absolute atomic E-state index is 0.174. The van der Waals surface area contributed by atoms with Crippen LogP contribution in [-0.4, -0.2) is 32.2 Å². The third-order valence-electron chi connectivity index (χ3n) is 5.54. The molecule has 4 aromatic rings. The predicted molar refractivity (Wildman–Crippen MR) is 115 cm³/mol. The molecule has 3 aromatic heterocycles. The molecule has 3 heterocycles. The predicted octanol–water partition coefficient (Wildman–Crippen LogP) is 3.81. The number of pyridine rings is 2. The van der Waals surface area contributed by atoms with Gasteiger partial charge in [0.2, 0.25) is 5.82 Å². The topological polar surface area (TPSA) is 88.4 Å². The number of benzene rings is 1. The molecule has 2 N–H and O–H groups in total. The zero-order valence-electron chi connectivity index (χ0n) is 16.3. The van der Waals surface area contributed by atoms with Crippen molar-refractivity contribution in [1.29, 1.82) is 0 Å². The van der Waals surface area contributed by atoms with Crippen molar-refractivity contribution in [3.8, 4) is 0 Å². The van der Waals surface area contributed by atoms with E-state index in [4.69, 9.17) is 0 Å². The van der Waals surface area contributed by atoms with Crippen LogP contribution in [0.25, 0.3) is 16.4 Å². The van der Waals surface area contributed by atoms with E-state index in [1.54, 1.807) is 28.9 Å². The molecule has 5 rings (SSSR count). The zero-order valence-corrected chi connectivity index (χ0v) is 16.3. The van der Waals surface area contributed by atoms with E-state index in [0.717, 1.165) is 31.1 Å². The van der Waals surface area contributed by atoms with E-state index in [-0.39, 0.29) is 29.4 Å². The van der Waals surface area contributed by atoms with Crippen molar-refractivity contribution in [2.24, 2.45) is 0 Å². The highest BCUT2D eigenvalue weighted by atomic mass is 16.2. The van der Waals surface area contributed by atoms with E-state index in [1.807, 2.05) is 36.4 Å². The monoisotopic (exact) mass is 399 g/mol. The lowest BCUT2D eigenvalue weighted by atomic mass is 10.2. The van der Waals surface area contributed by atoms with Gasteiger partial charge in [-0.25, -0.2) is 4.98 Å². The van der Waals surface area contributed by atoms with E-state index < -0.39 is 0 Å². The molecule has 7 nitrogen and oxygen atoms in total. The van der Waals surface area contributed by atoms with Crippen LogP contribution in [0.5, 0.6) is 0 Å². The van der Waals surface area contributed by atoms with Crippen molar-refractivity contribution in [2.75, 3.05) is 5.32 Å². The average molecular weight is 399 g/mol. The van der Waals surface area contributed by atoms with Crippen LogP contribution in [0.15, 0.2) is 60.9 Å². The summed E-state index contributed by atoms with van der Waals surface area (Å²) >= 11 is 0. The van der Waals surface area contributed by atoms with Gasteiger partial charge in [-0.3, -0.25) is 19.0 Å². The first-order valence-corrected chi connectivity index (χ1v) is 10.1. The van der Waals surface area contributed by atoms with Crippen LogP contribution >= 0.6 is 0 Å². The van der Waals surface area contributed by atoms with E-state index in [1.165, 1.54) is 0 Å². The molecular formula is C23H21N5O2. The highest BCUT2D eigenvalue weighted by Crippen LogP contribution is 2.23. The summed E-state index contributed by atoms with van der Waals surface area (Å²) in [6.45, 7) is 0. The minimum atomic E-state index is -0.378. The van der Waals surface area contributed by atoms with Gasteiger partial charge in [-0.1, -0.05) is 37.1 Å². The second kappa shape index (κ2) is 7.59. The van der Waals surface area contributed by atoms with Gasteiger partial charge in [-0.2, -0.15) is 0 Å². The molecule has 0 unspecified atom stereocenters. The van der Waals surface area contributed by atoms with Crippen molar-refractivity contribution < 1.29 is 9.59 Å². The van der Waals surface area contributed by atoms with Crippen molar-refractivity contribution in [3.05, 3.63) is 72.4 Å². The third kappa shape index (κ3) is 3.28. The number of aromatic nitrogens is 3. The number of nitrogens with zero attached hydrogens (tertiary/aromatic N) is 3. The molecule has 0 atom stereocenters. The Bertz CT molecular complexity index is 1250. The fraction of sp³-hybridized carbons (Fsp3) is 0.217. The molecular weight excluding hydrogens is 378 g/mol. The lowest BCUT2D eigenvalue weighted by Crippen LogP contribution is -2.33. The summed E-state index contributed by atoms with van der Waals surface area (Å²) in [5.74, 6) is -0.413. The first kappa shape index (κ1) is 18.3. The number of amides is 2. The first-order chi connectivity index (χ1) is 14.7. The number of nitrogens with one attached hydrogen (secondary N) is 2. The summed E-state index contributed by atoms with van der Waals surface area (Å²) in [6, 6.07) is 15.0. The van der Waals surface area contributed by atoms with Crippen LogP contribution in [0.1, 0.15) is 46.8 Å². The molecule has 0 radical (unpaired) electrons. The highest BCUT2D eigenvalue weighted by molar-refractivity contribution is 6.11. The molecule has 1 aromatic carbocycles. The standard InChI is InChI=1S/C23H21N5O2/c29-22(26-17-11-5-7-15-8-6-13-24-19(15)17)20-18-12-3-4-14-28(18)21(27-20)23(30)25-16-9-1-2-10-16/h3-8,11-14,16H,1-2,9-10H2,(H,25,30)(H,26,29). The van der Waals surface area contributed by atoms with Gasteiger partial charge in [0.05, 0.1) is 16.7 Å². The van der Waals surface area contributed by atoms with E-state index in [2.05, 4.69) is 20.6 Å². The lowest BCUT2D eigenvalue weighted by molar-refractivity contribution is 0.0926. The summed E-state index contributed by atoms with van der Waals surface area (Å²) in [5.41, 5.74) is 2.10. The summed E-state index contributed by atoms with van der Waals surface area (Å²) < 4.78 is 1.67. The number of hydrogen-bond acceptors (Lipinski definition) is 4. The molecule has 30 heavy (non-hydrogen) atoms. The average Bonchev–Trinajstić information content (AvgIpc) is 3.42. The maximum Gasteiger partial charge on any atom is 0.287 e. The minimum Gasteiger partial charge on any atom is -0.347 e. The van der Waals surface area contributed by atoms with Crippen LogP contribution in [0.3, 0.4) is 0 Å². The van der Waals surface area contributed by atoms with Gasteiger partial charge < -0.3 is 10.6 Å². The van der Waals surface area contributed by atoms with Gasteiger partial charge in [-0.15, -0.1) is 0 Å². The van der Waals surface area contributed by atoms with Gasteiger partial charge in [0, 0.05) is 23.8 Å². The van der Waals surface area contributed by atoms with Gasteiger partial charge >= 0.3 is 0 Å². The fourth-order valence-electron chi connectivity index (χ4n) is 4.07. The van der Waals surface area contributed by atoms with Crippen molar-refractivity contribution >= 4 is 33.9 Å². The Morgan fingerprint density at radius 3 is 2.67 bits per heavy atom. The van der Waals surface area contributed by atoms with E-state index in [0.29, 0.717) is 16.7 Å². The van der Waals surface area contributed by atoms with Crippen LogP contribution in [0, 0.1) is 0 Å². The van der Waals surface area contributed by atoms with Crippen LogP contribution < -0.4 is 10.6 Å². The smallest absolute Gasteiger partial charge is 0.287 e. The zero-order chi connectivity index (χ0) is 20.5. The summed E-state index contributed by atoms with van der Waals surface area (Å²) in [6.07, 6.45) is 7.66. The molecule has 0 bridgehead atoms. The molecule has 2 amide bonds. The second-order valence-electron chi connectivity index (χ2n) is 7.53. The maximum atomic E-state index is 13.1. The normalized spacial score (nSPS) is 14.3. The molecule has 1 saturated carbocycles. The molecule has 1 fully saturated rings. The van der Waals surface area contributed by atoms with Gasteiger partial charge in [0.15, 0.2) is 5.69 Å². The Kier molecular flexibility index (Phi) is 4.63. The van der Waals surface area contributed by atoms with E-state index in [9.17, 15) is 9.59 Å². The van der Waals surface area contributed by atoms with Gasteiger partial charge in [-0.05, 0) is 37.1 Å². The van der Waals surface area contributed by atoms with Gasteiger partial charge in [0.1, 0.15) is 0 Å². The van der Waals surface area contributed by atoms with Crippen molar-refractivity contribution in [1.82, 2.24) is 19.7 Å². The molecule has 1 aliphatic carbocycles. The Labute approximate surface area is 173 Å². The number of rotatable bonds is 4. The molecule has 0 aliphatic heterocycles. The molecule has 1 aliphatic rings. The number of para-hydroxylation sites is 1. The number of imidazole rings is 1. The first-order valence-electron chi connectivity index (χ1n) is 10.1. The molecule has 0 saturated heterocycles. The number of carbonyl (C=O) groups excluding carboxylic acids is 2. The van der Waals surface area contributed by atoms with Crippen molar-refractivity contribution in [2.45, 2.75) is 31.7 Å². The fourth-order valence-corrected chi connectivity index (χ4v) is 4.07. The van der Waals surface area contributed by atoms with Crippen molar-refractivity contribution in [3.63, 3.8) is 0 Å². The van der Waals surface area contributed by atoms with Crippen LogP contribution in [-0.2, 0) is 0 Å². The number of carbonyl (C=O) groups is 2. The Hall–Kier alpha value is -3.74. The molecule has 0 spiro atoms. The summed E-state index contributed by atoms with van der Waals surface area (Å²) in [4.78, 5) is 34.8. The van der Waals surface area contributed by atoms with Gasteiger partial charge in [0.25, 0.3) is 11.8 Å². The third-order valence-corrected chi connectivity index (χ3v) is 5.54. The number of anilines is 1. The highest BCUT2D eigenvalue weighted by Gasteiger charge is 2.24. The largest absolute Gasteiger partial charge is 0.347 e. The molecule has 7 heteroatoms. The summed E-state index contributed by atoms with van der Waals surface area (Å²) in [7, 11) is 0. The number of fused-ring (bicyclic) bond motifs is 2. The summed E-state index contributed by atoms with van der Waals surface area (Å²) in [5, 5.41) is 6.89. The Balaban J connectivity index is 1.49. The van der Waals surface area contributed by atoms with Crippen LogP contribution in [0.2, 0.25) is 0 Å². The van der Waals surface area contributed by atoms with E-state index >= 15 is 0 Å².